The van der Waals surface area contributed by atoms with Crippen molar-refractivity contribution in [1.82, 2.24) is 20.1 Å². The van der Waals surface area contributed by atoms with Gasteiger partial charge in [0, 0.05) is 22.9 Å². The first-order chi connectivity index (χ1) is 20.6. The number of hydrogen-bond donors (Lipinski definition) is 2. The van der Waals surface area contributed by atoms with E-state index in [1.54, 1.807) is 35.8 Å². The molecule has 0 bridgehead atoms. The molecular weight excluding hydrogens is 572 g/mol. The van der Waals surface area contributed by atoms with Crippen LogP contribution in [0.1, 0.15) is 50.2 Å². The number of thioether (sulfide) groups is 1. The van der Waals surface area contributed by atoms with Crippen molar-refractivity contribution in [2.75, 3.05) is 17.7 Å². The molecule has 0 unspecified atom stereocenters. The molecule has 4 aromatic rings. The van der Waals surface area contributed by atoms with E-state index < -0.39 is 16.8 Å². The third-order valence-electron chi connectivity index (χ3n) is 6.68. The molecule has 1 aromatic heterocycles. The Balaban J connectivity index is 1.51. The van der Waals surface area contributed by atoms with Gasteiger partial charge in [0.25, 0.3) is 11.6 Å². The van der Waals surface area contributed by atoms with Crippen LogP contribution < -0.4 is 10.6 Å². The predicted octanol–water partition coefficient (Wildman–Crippen LogP) is 4.94. The second-order valence-corrected chi connectivity index (χ2v) is 10.4. The van der Waals surface area contributed by atoms with Crippen molar-refractivity contribution in [1.29, 1.82) is 0 Å². The van der Waals surface area contributed by atoms with Gasteiger partial charge in [0.05, 0.1) is 35.1 Å². The fourth-order valence-electron chi connectivity index (χ4n) is 4.28. The summed E-state index contributed by atoms with van der Waals surface area (Å²) in [5.41, 5.74) is 4.01. The molecule has 0 saturated carbocycles. The zero-order chi connectivity index (χ0) is 31.1. The van der Waals surface area contributed by atoms with Crippen LogP contribution in [0.2, 0.25) is 0 Å². The smallest absolute Gasteiger partial charge is 0.338 e. The van der Waals surface area contributed by atoms with Gasteiger partial charge < -0.3 is 15.4 Å². The van der Waals surface area contributed by atoms with Crippen molar-refractivity contribution < 1.29 is 24.0 Å². The highest BCUT2D eigenvalue weighted by molar-refractivity contribution is 7.99. The maximum absolute atomic E-state index is 13.0. The van der Waals surface area contributed by atoms with E-state index in [0.717, 1.165) is 16.8 Å². The van der Waals surface area contributed by atoms with Gasteiger partial charge in [-0.1, -0.05) is 30.0 Å². The lowest BCUT2D eigenvalue weighted by Gasteiger charge is -2.15. The fraction of sp³-hybridized carbons (Fsp3) is 0.233. The Morgan fingerprint density at radius 2 is 1.70 bits per heavy atom. The van der Waals surface area contributed by atoms with Crippen LogP contribution in [0.4, 0.5) is 11.4 Å². The van der Waals surface area contributed by atoms with E-state index in [9.17, 15) is 24.5 Å². The van der Waals surface area contributed by atoms with Crippen LogP contribution in [0.15, 0.2) is 65.8 Å². The lowest BCUT2D eigenvalue weighted by molar-refractivity contribution is -0.385. The number of ether oxygens (including phenoxy) is 1. The van der Waals surface area contributed by atoms with E-state index in [-0.39, 0.29) is 41.6 Å². The summed E-state index contributed by atoms with van der Waals surface area (Å²) in [4.78, 5) is 48.4. The maximum atomic E-state index is 13.0. The Kier molecular flexibility index (Phi) is 9.88. The average Bonchev–Trinajstić information content (AvgIpc) is 3.39. The molecule has 13 heteroatoms. The van der Waals surface area contributed by atoms with E-state index in [2.05, 4.69) is 20.8 Å². The Labute approximate surface area is 252 Å². The molecule has 2 N–H and O–H groups in total. The molecule has 0 aliphatic carbocycles. The molecule has 0 atom stereocenters. The van der Waals surface area contributed by atoms with Crippen LogP contribution in [0.3, 0.4) is 0 Å². The molecule has 43 heavy (non-hydrogen) atoms. The third kappa shape index (κ3) is 7.25. The summed E-state index contributed by atoms with van der Waals surface area (Å²) >= 11 is 1.17. The number of nitrogens with one attached hydrogen (secondary N) is 2. The summed E-state index contributed by atoms with van der Waals surface area (Å²) < 4.78 is 6.77. The largest absolute Gasteiger partial charge is 0.462 e. The Hall–Kier alpha value is -5.04. The standard InChI is InChI=1S/C30H30N6O6S/c1-5-42-29(39)21-12-14-22(15-13-21)32-27(37)17-43-30-34-33-26(35(30)24-10-6-8-18(2)19(24)3)16-31-28(38)23-9-7-11-25(20(23)4)36(40)41/h6-15H,5,16-17H2,1-4H3,(H,31,38)(H,32,37). The van der Waals surface area contributed by atoms with Crippen molar-refractivity contribution in [3.8, 4) is 5.69 Å². The number of amides is 2. The van der Waals surface area contributed by atoms with Gasteiger partial charge in [0.2, 0.25) is 5.91 Å². The minimum atomic E-state index is -0.526. The van der Waals surface area contributed by atoms with Crippen LogP contribution in [0.25, 0.3) is 5.69 Å². The molecule has 1 heterocycles. The van der Waals surface area contributed by atoms with Crippen LogP contribution in [0, 0.1) is 30.9 Å². The summed E-state index contributed by atoms with van der Waals surface area (Å²) in [5.74, 6) is -0.779. The first-order valence-electron chi connectivity index (χ1n) is 13.3. The Morgan fingerprint density at radius 1 is 0.977 bits per heavy atom. The number of rotatable bonds is 11. The first kappa shape index (κ1) is 30.9. The van der Waals surface area contributed by atoms with Gasteiger partial charge >= 0.3 is 5.97 Å². The van der Waals surface area contributed by atoms with E-state index in [4.69, 9.17) is 4.74 Å². The molecule has 2 amide bonds. The van der Waals surface area contributed by atoms with E-state index >= 15 is 0 Å². The monoisotopic (exact) mass is 602 g/mol. The predicted molar refractivity (Wildman–Crippen MR) is 162 cm³/mol. The van der Waals surface area contributed by atoms with Gasteiger partial charge in [-0.05, 0) is 75.2 Å². The number of nitro groups is 1. The van der Waals surface area contributed by atoms with E-state index in [1.807, 2.05) is 32.0 Å². The zero-order valence-corrected chi connectivity index (χ0v) is 24.9. The lowest BCUT2D eigenvalue weighted by atomic mass is 10.1. The van der Waals surface area contributed by atoms with Gasteiger partial charge in [-0.2, -0.15) is 0 Å². The number of nitro benzene ring substituents is 1. The Bertz CT molecular complexity index is 1690. The molecule has 3 aromatic carbocycles. The molecule has 4 rings (SSSR count). The van der Waals surface area contributed by atoms with E-state index in [0.29, 0.717) is 22.2 Å². The number of aryl methyl sites for hydroxylation is 1. The van der Waals surface area contributed by atoms with E-state index in [1.165, 1.54) is 36.9 Å². The Morgan fingerprint density at radius 3 is 2.40 bits per heavy atom. The molecule has 0 radical (unpaired) electrons. The van der Waals surface area contributed by atoms with Crippen LogP contribution in [-0.4, -0.2) is 49.8 Å². The van der Waals surface area contributed by atoms with Crippen LogP contribution in [0.5, 0.6) is 0 Å². The number of esters is 1. The van der Waals surface area contributed by atoms with Gasteiger partial charge in [-0.3, -0.25) is 24.3 Å². The highest BCUT2D eigenvalue weighted by Crippen LogP contribution is 2.27. The summed E-state index contributed by atoms with van der Waals surface area (Å²) in [6.45, 7) is 7.45. The van der Waals surface area contributed by atoms with Crippen LogP contribution >= 0.6 is 11.8 Å². The summed E-state index contributed by atoms with van der Waals surface area (Å²) in [5, 5.41) is 25.9. The molecule has 0 aliphatic heterocycles. The number of carbonyl (C=O) groups excluding carboxylic acids is 3. The van der Waals surface area contributed by atoms with Crippen molar-refractivity contribution in [2.45, 2.75) is 39.4 Å². The average molecular weight is 603 g/mol. The van der Waals surface area contributed by atoms with Gasteiger partial charge in [-0.15, -0.1) is 10.2 Å². The summed E-state index contributed by atoms with van der Waals surface area (Å²) in [6.07, 6.45) is 0. The third-order valence-corrected chi connectivity index (χ3v) is 7.61. The topological polar surface area (TPSA) is 158 Å². The molecule has 222 valence electrons. The van der Waals surface area contributed by atoms with Crippen LogP contribution in [-0.2, 0) is 16.1 Å². The fourth-order valence-corrected chi connectivity index (χ4v) is 5.04. The number of hydrogen-bond acceptors (Lipinski definition) is 9. The van der Waals surface area contributed by atoms with Crippen molar-refractivity contribution in [3.63, 3.8) is 0 Å². The minimum absolute atomic E-state index is 0.0130. The highest BCUT2D eigenvalue weighted by atomic mass is 32.2. The summed E-state index contributed by atoms with van der Waals surface area (Å²) in [6, 6.07) is 16.5. The molecule has 0 saturated heterocycles. The second kappa shape index (κ2) is 13.7. The van der Waals surface area contributed by atoms with Crippen molar-refractivity contribution >= 4 is 40.9 Å². The maximum Gasteiger partial charge on any atom is 0.338 e. The first-order valence-corrected chi connectivity index (χ1v) is 14.3. The van der Waals surface area contributed by atoms with Gasteiger partial charge in [0.1, 0.15) is 0 Å². The number of aromatic nitrogens is 3. The number of anilines is 1. The SMILES string of the molecule is CCOC(=O)c1ccc(NC(=O)CSc2nnc(CNC(=O)c3cccc([N+](=O)[O-])c3C)n2-c2cccc(C)c2C)cc1. The molecule has 0 aliphatic rings. The van der Waals surface area contributed by atoms with Gasteiger partial charge in [0.15, 0.2) is 11.0 Å². The number of benzene rings is 3. The normalized spacial score (nSPS) is 10.7. The number of carbonyl (C=O) groups is 3. The molecule has 12 nitrogen and oxygen atoms in total. The van der Waals surface area contributed by atoms with Gasteiger partial charge in [-0.25, -0.2) is 4.79 Å². The summed E-state index contributed by atoms with van der Waals surface area (Å²) in [7, 11) is 0. The second-order valence-electron chi connectivity index (χ2n) is 9.48. The quantitative estimate of drug-likeness (QED) is 0.105. The molecule has 0 spiro atoms. The highest BCUT2D eigenvalue weighted by Gasteiger charge is 2.21. The van der Waals surface area contributed by atoms with Crippen molar-refractivity contribution in [2.24, 2.45) is 0 Å². The van der Waals surface area contributed by atoms with Crippen molar-refractivity contribution in [3.05, 3.63) is 104 Å². The zero-order valence-electron chi connectivity index (χ0n) is 24.0. The number of nitrogens with zero attached hydrogens (tertiary/aromatic N) is 4. The molecular formula is C30H30N6O6S. The molecule has 0 fully saturated rings. The lowest BCUT2D eigenvalue weighted by Crippen LogP contribution is -2.25. The minimum Gasteiger partial charge on any atom is -0.462 e.